The zero-order valence-electron chi connectivity index (χ0n) is 27.2. The number of hydrogen-bond donors (Lipinski definition) is 2. The molecule has 50 heavy (non-hydrogen) atoms. The van der Waals surface area contributed by atoms with Gasteiger partial charge in [0.25, 0.3) is 5.91 Å². The normalized spacial score (nSPS) is 16.4. The Morgan fingerprint density at radius 2 is 2.04 bits per heavy atom. The molecule has 14 heteroatoms. The second-order valence-corrected chi connectivity index (χ2v) is 12.9. The van der Waals surface area contributed by atoms with Gasteiger partial charge in [0.15, 0.2) is 0 Å². The number of imidazole rings is 1. The number of aryl methyl sites for hydroxylation is 1. The number of aromatic nitrogens is 7. The van der Waals surface area contributed by atoms with Crippen molar-refractivity contribution >= 4 is 50.8 Å². The summed E-state index contributed by atoms with van der Waals surface area (Å²) >= 11 is 5.87. The van der Waals surface area contributed by atoms with Crippen molar-refractivity contribution in [3.8, 4) is 5.88 Å². The Morgan fingerprint density at radius 1 is 1.14 bits per heavy atom. The molecule has 0 saturated carbocycles. The largest absolute Gasteiger partial charge is 0.473 e. The zero-order chi connectivity index (χ0) is 34.2. The number of amides is 1. The highest BCUT2D eigenvalue weighted by Crippen LogP contribution is 2.28. The van der Waals surface area contributed by atoms with Gasteiger partial charge in [-0.05, 0) is 61.7 Å². The zero-order valence-corrected chi connectivity index (χ0v) is 28.0. The van der Waals surface area contributed by atoms with Crippen LogP contribution >= 0.6 is 11.6 Å². The number of carbonyl (C=O) groups is 1. The number of aromatic amines is 1. The summed E-state index contributed by atoms with van der Waals surface area (Å²) in [7, 11) is 0. The van der Waals surface area contributed by atoms with E-state index in [1.807, 2.05) is 37.3 Å². The van der Waals surface area contributed by atoms with Gasteiger partial charge in [-0.15, -0.1) is 0 Å². The second-order valence-electron chi connectivity index (χ2n) is 12.5. The molecule has 254 valence electrons. The van der Waals surface area contributed by atoms with Crippen LogP contribution in [0.1, 0.15) is 46.2 Å². The lowest BCUT2D eigenvalue weighted by Crippen LogP contribution is -2.33. The van der Waals surface area contributed by atoms with Crippen molar-refractivity contribution in [3.63, 3.8) is 0 Å². The maximum atomic E-state index is 14.2. The number of ether oxygens (including phenoxy) is 2. The number of halogens is 2. The summed E-state index contributed by atoms with van der Waals surface area (Å²) in [5.41, 5.74) is 6.75. The number of hydrogen-bond acceptors (Lipinski definition) is 9. The molecule has 6 aromatic rings. The van der Waals surface area contributed by atoms with E-state index >= 15 is 0 Å². The van der Waals surface area contributed by atoms with Gasteiger partial charge in [0.05, 0.1) is 47.8 Å². The van der Waals surface area contributed by atoms with Gasteiger partial charge in [-0.25, -0.2) is 24.3 Å². The van der Waals surface area contributed by atoms with E-state index in [0.717, 1.165) is 66.4 Å². The molecule has 0 unspecified atom stereocenters. The van der Waals surface area contributed by atoms with E-state index in [9.17, 15) is 9.18 Å². The lowest BCUT2D eigenvalue weighted by atomic mass is 10.0. The molecule has 1 saturated heterocycles. The summed E-state index contributed by atoms with van der Waals surface area (Å²) in [4.78, 5) is 33.7. The van der Waals surface area contributed by atoms with Crippen LogP contribution in [0.4, 0.5) is 10.1 Å². The molecule has 0 aliphatic carbocycles. The first kappa shape index (κ1) is 32.0. The molecule has 6 heterocycles. The smallest absolute Gasteiger partial charge is 0.293 e. The first-order chi connectivity index (χ1) is 24.4. The molecule has 0 spiro atoms. The van der Waals surface area contributed by atoms with Crippen molar-refractivity contribution in [2.75, 3.05) is 25.0 Å². The highest BCUT2D eigenvalue weighted by atomic mass is 35.5. The Balaban J connectivity index is 0.962. The van der Waals surface area contributed by atoms with E-state index in [1.54, 1.807) is 18.2 Å². The Hall–Kier alpha value is -5.24. The molecular formula is C36H33ClFN9O3. The lowest BCUT2D eigenvalue weighted by molar-refractivity contribution is -0.0591. The first-order valence-corrected chi connectivity index (χ1v) is 16.8. The van der Waals surface area contributed by atoms with Crippen LogP contribution in [0.5, 0.6) is 5.88 Å². The molecule has 1 atom stereocenters. The van der Waals surface area contributed by atoms with E-state index in [0.29, 0.717) is 46.3 Å². The molecule has 1 amide bonds. The number of pyridine rings is 1. The van der Waals surface area contributed by atoms with Crippen LogP contribution in [-0.2, 0) is 24.4 Å². The number of rotatable bonds is 10. The van der Waals surface area contributed by atoms with Crippen LogP contribution in [0.25, 0.3) is 27.6 Å². The first-order valence-electron chi connectivity index (χ1n) is 16.4. The van der Waals surface area contributed by atoms with Crippen molar-refractivity contribution in [1.29, 1.82) is 0 Å². The summed E-state index contributed by atoms with van der Waals surface area (Å²) in [5, 5.41) is 10.3. The van der Waals surface area contributed by atoms with E-state index in [4.69, 9.17) is 31.0 Å². The summed E-state index contributed by atoms with van der Waals surface area (Å²) in [6.45, 7) is 5.58. The number of carbonyl (C=O) groups excluding carboxylic acids is 1. The minimum Gasteiger partial charge on any atom is -0.473 e. The van der Waals surface area contributed by atoms with Gasteiger partial charge < -0.3 is 19.4 Å². The maximum absolute atomic E-state index is 14.2. The van der Waals surface area contributed by atoms with Crippen molar-refractivity contribution in [3.05, 3.63) is 106 Å². The monoisotopic (exact) mass is 693 g/mol. The van der Waals surface area contributed by atoms with Gasteiger partial charge in [0.1, 0.15) is 29.3 Å². The highest BCUT2D eigenvalue weighted by Gasteiger charge is 2.24. The Labute approximate surface area is 291 Å². The Bertz CT molecular complexity index is 2260. The fourth-order valence-electron chi connectivity index (χ4n) is 6.19. The minimum atomic E-state index is -0.410. The number of nitrogens with zero attached hydrogens (tertiary/aromatic N) is 7. The molecule has 2 N–H and O–H groups in total. The third-order valence-corrected chi connectivity index (χ3v) is 9.27. The van der Waals surface area contributed by atoms with Crippen molar-refractivity contribution < 1.29 is 18.7 Å². The average molecular weight is 694 g/mol. The molecule has 12 nitrogen and oxygen atoms in total. The van der Waals surface area contributed by atoms with Crippen molar-refractivity contribution in [2.45, 2.75) is 45.6 Å². The van der Waals surface area contributed by atoms with Gasteiger partial charge >= 0.3 is 0 Å². The SMILES string of the molecule is Cc1[nH]nc2cnc(C(=O)Nc3ccc4c(c3)nc(CN3CC=C(c5cccc(OCc6ccc(Cl)cc6F)n5)CC3)n4C[C@@H]3CCO3)nc12. The molecule has 1 fully saturated rings. The van der Waals surface area contributed by atoms with Crippen LogP contribution in [0.2, 0.25) is 5.02 Å². The van der Waals surface area contributed by atoms with E-state index in [1.165, 1.54) is 12.3 Å². The maximum Gasteiger partial charge on any atom is 0.293 e. The van der Waals surface area contributed by atoms with Gasteiger partial charge in [-0.3, -0.25) is 14.8 Å². The topological polar surface area (TPSA) is 136 Å². The third kappa shape index (κ3) is 6.67. The average Bonchev–Trinajstić information content (AvgIpc) is 3.64. The molecule has 8 rings (SSSR count). The van der Waals surface area contributed by atoms with E-state index in [-0.39, 0.29) is 18.5 Å². The van der Waals surface area contributed by atoms with Gasteiger partial charge in [-0.2, -0.15) is 5.10 Å². The predicted molar refractivity (Wildman–Crippen MR) is 186 cm³/mol. The Kier molecular flexibility index (Phi) is 8.69. The van der Waals surface area contributed by atoms with Crippen LogP contribution in [0.15, 0.2) is 66.9 Å². The van der Waals surface area contributed by atoms with Crippen molar-refractivity contribution in [2.24, 2.45) is 0 Å². The number of nitrogens with one attached hydrogen (secondary N) is 2. The number of anilines is 1. The molecule has 0 bridgehead atoms. The second kappa shape index (κ2) is 13.6. The molecule has 2 aliphatic rings. The van der Waals surface area contributed by atoms with E-state index in [2.05, 4.69) is 41.0 Å². The van der Waals surface area contributed by atoms with Gasteiger partial charge in [0, 0.05) is 42.0 Å². The summed E-state index contributed by atoms with van der Waals surface area (Å²) < 4.78 is 28.1. The molecule has 4 aromatic heterocycles. The highest BCUT2D eigenvalue weighted by molar-refractivity contribution is 6.30. The molecule has 0 radical (unpaired) electrons. The number of H-pyrrole nitrogens is 1. The Morgan fingerprint density at radius 3 is 2.84 bits per heavy atom. The van der Waals surface area contributed by atoms with Gasteiger partial charge in [0.2, 0.25) is 11.7 Å². The fourth-order valence-corrected chi connectivity index (χ4v) is 6.35. The van der Waals surface area contributed by atoms with Crippen LogP contribution < -0.4 is 10.1 Å². The number of fused-ring (bicyclic) bond motifs is 2. The molecular weight excluding hydrogens is 661 g/mol. The number of benzene rings is 2. The van der Waals surface area contributed by atoms with Crippen LogP contribution in [0.3, 0.4) is 0 Å². The standard InChI is InChI=1S/C36H33ClFN9O3/c1-21-34-30(45-44-21)17-39-35(43-34)36(48)40-25-7-8-31-29(16-25)41-32(47(31)18-26-11-14-49-26)19-46-12-9-22(10-13-46)28-3-2-4-33(42-28)50-20-23-5-6-24(37)15-27(23)38/h2-9,15-17,26H,10-14,18-20H2,1H3,(H,40,48)(H,44,45)/t26-/m0/s1. The third-order valence-electron chi connectivity index (χ3n) is 9.04. The lowest BCUT2D eigenvalue weighted by Gasteiger charge is -2.29. The molecule has 2 aliphatic heterocycles. The minimum absolute atomic E-state index is 0.0590. The molecule has 2 aromatic carbocycles. The summed E-state index contributed by atoms with van der Waals surface area (Å²) in [6.07, 6.45) is 5.68. The summed E-state index contributed by atoms with van der Waals surface area (Å²) in [6, 6.07) is 15.9. The quantitative estimate of drug-likeness (QED) is 0.174. The van der Waals surface area contributed by atoms with Crippen LogP contribution in [0, 0.1) is 12.7 Å². The summed E-state index contributed by atoms with van der Waals surface area (Å²) in [5.74, 6) is 0.616. The van der Waals surface area contributed by atoms with E-state index < -0.39 is 11.7 Å². The predicted octanol–water partition coefficient (Wildman–Crippen LogP) is 6.11. The van der Waals surface area contributed by atoms with Crippen molar-refractivity contribution in [1.82, 2.24) is 39.6 Å². The van der Waals surface area contributed by atoms with Gasteiger partial charge in [-0.1, -0.05) is 29.8 Å². The fraction of sp³-hybridized carbons (Fsp3) is 0.278. The van der Waals surface area contributed by atoms with Crippen LogP contribution in [-0.4, -0.2) is 71.3 Å².